The van der Waals surface area contributed by atoms with E-state index in [0.29, 0.717) is 24.9 Å². The first kappa shape index (κ1) is 20.7. The summed E-state index contributed by atoms with van der Waals surface area (Å²) in [7, 11) is 0. The highest BCUT2D eigenvalue weighted by atomic mass is 35.5. The zero-order valence-electron chi connectivity index (χ0n) is 16.0. The summed E-state index contributed by atoms with van der Waals surface area (Å²) in [5, 5.41) is 2.99. The Morgan fingerprint density at radius 2 is 2.00 bits per heavy atom. The highest BCUT2D eigenvalue weighted by molar-refractivity contribution is 6.31. The van der Waals surface area contributed by atoms with Gasteiger partial charge in [-0.15, -0.1) is 0 Å². The van der Waals surface area contributed by atoms with E-state index in [0.717, 1.165) is 4.90 Å². The van der Waals surface area contributed by atoms with Crippen molar-refractivity contribution in [3.8, 4) is 0 Å². The minimum absolute atomic E-state index is 0.0704. The summed E-state index contributed by atoms with van der Waals surface area (Å²) in [6.45, 7) is 0.925. The van der Waals surface area contributed by atoms with E-state index in [1.807, 2.05) is 0 Å². The maximum atomic E-state index is 15.1. The number of ether oxygens (including phenoxy) is 1. The van der Waals surface area contributed by atoms with E-state index in [1.54, 1.807) is 0 Å². The summed E-state index contributed by atoms with van der Waals surface area (Å²) >= 11 is 6.00. The monoisotopic (exact) mass is 435 g/mol. The van der Waals surface area contributed by atoms with Gasteiger partial charge >= 0.3 is 6.09 Å². The first-order valence-corrected chi connectivity index (χ1v) is 9.96. The second kappa shape index (κ2) is 7.94. The summed E-state index contributed by atoms with van der Waals surface area (Å²) in [5.74, 6) is -1.88. The summed E-state index contributed by atoms with van der Waals surface area (Å²) < 4.78 is 33.8. The van der Waals surface area contributed by atoms with E-state index in [2.05, 4.69) is 5.32 Å². The topological polar surface area (TPSA) is 84.7 Å². The summed E-state index contributed by atoms with van der Waals surface area (Å²) in [4.78, 5) is 26.7. The summed E-state index contributed by atoms with van der Waals surface area (Å²) in [6, 6.07) is 7.14. The summed E-state index contributed by atoms with van der Waals surface area (Å²) in [5.41, 5.74) is 5.59. The Balaban J connectivity index is 1.70. The van der Waals surface area contributed by atoms with E-state index in [-0.39, 0.29) is 29.2 Å². The number of carbonyl (C=O) groups excluding carboxylic acids is 2. The first-order chi connectivity index (χ1) is 14.3. The van der Waals surface area contributed by atoms with Gasteiger partial charge in [-0.3, -0.25) is 4.79 Å². The van der Waals surface area contributed by atoms with Crippen LogP contribution >= 0.6 is 11.6 Å². The molecule has 2 aromatic carbocycles. The van der Waals surface area contributed by atoms with Crippen molar-refractivity contribution in [1.29, 1.82) is 0 Å². The standard InChI is InChI=1S/C21H20ClF2N3O3/c22-14-6-7-16-17(18(14)24)21(8-1-9-26-11-21)30-20(29)27(16)19(28)15(25)10-12-2-4-13(23)5-3-12/h2-7,15,26H,1,8-11,25H2/t15-,21?/m0/s1. The van der Waals surface area contributed by atoms with E-state index >= 15 is 4.39 Å². The molecule has 1 saturated heterocycles. The number of halogens is 3. The molecule has 2 aliphatic heterocycles. The second-order valence-corrected chi connectivity index (χ2v) is 7.92. The highest BCUT2D eigenvalue weighted by Crippen LogP contribution is 2.46. The number of benzene rings is 2. The minimum atomic E-state index is -1.24. The molecule has 2 amide bonds. The average molecular weight is 436 g/mol. The molecule has 2 aromatic rings. The maximum Gasteiger partial charge on any atom is 0.422 e. The number of imide groups is 1. The Labute approximate surface area is 176 Å². The lowest BCUT2D eigenvalue weighted by molar-refractivity contribution is -0.120. The number of amides is 2. The molecule has 0 aliphatic carbocycles. The lowest BCUT2D eigenvalue weighted by Gasteiger charge is -2.44. The van der Waals surface area contributed by atoms with Crippen molar-refractivity contribution >= 4 is 29.3 Å². The van der Waals surface area contributed by atoms with Crippen LogP contribution in [0.15, 0.2) is 36.4 Å². The molecule has 1 unspecified atom stereocenters. The molecule has 2 aliphatic rings. The van der Waals surface area contributed by atoms with E-state index in [9.17, 15) is 14.0 Å². The first-order valence-electron chi connectivity index (χ1n) is 9.58. The van der Waals surface area contributed by atoms with Crippen molar-refractivity contribution in [2.75, 3.05) is 18.0 Å². The van der Waals surface area contributed by atoms with E-state index in [4.69, 9.17) is 22.1 Å². The quantitative estimate of drug-likeness (QED) is 0.773. The van der Waals surface area contributed by atoms with Crippen LogP contribution in [-0.2, 0) is 21.6 Å². The fourth-order valence-electron chi connectivity index (χ4n) is 4.04. The zero-order valence-corrected chi connectivity index (χ0v) is 16.7. The van der Waals surface area contributed by atoms with E-state index in [1.165, 1.54) is 36.4 Å². The Hall–Kier alpha value is -2.55. The van der Waals surface area contributed by atoms with Crippen LogP contribution in [0.25, 0.3) is 0 Å². The molecule has 2 atom stereocenters. The minimum Gasteiger partial charge on any atom is -0.436 e. The molecule has 0 saturated carbocycles. The molecule has 4 rings (SSSR count). The number of piperidine rings is 1. The third kappa shape index (κ3) is 3.55. The lowest BCUT2D eigenvalue weighted by Crippen LogP contribution is -2.57. The normalized spacial score (nSPS) is 21.9. The molecule has 1 fully saturated rings. The summed E-state index contributed by atoms with van der Waals surface area (Å²) in [6.07, 6.45) is 0.227. The third-order valence-corrected chi connectivity index (χ3v) is 5.78. The number of fused-ring (bicyclic) bond motifs is 2. The van der Waals surface area contributed by atoms with Crippen molar-refractivity contribution in [1.82, 2.24) is 5.32 Å². The fraction of sp³-hybridized carbons (Fsp3) is 0.333. The Kier molecular flexibility index (Phi) is 5.48. The molecular formula is C21H20ClF2N3O3. The molecule has 3 N–H and O–H groups in total. The van der Waals surface area contributed by atoms with Gasteiger partial charge in [0.2, 0.25) is 0 Å². The second-order valence-electron chi connectivity index (χ2n) is 7.51. The molecule has 1 spiro atoms. The average Bonchev–Trinajstić information content (AvgIpc) is 2.72. The fourth-order valence-corrected chi connectivity index (χ4v) is 4.19. The molecule has 0 radical (unpaired) electrons. The molecule has 6 nitrogen and oxygen atoms in total. The number of nitrogens with zero attached hydrogens (tertiary/aromatic N) is 1. The van der Waals surface area contributed by atoms with Gasteiger partial charge < -0.3 is 15.8 Å². The van der Waals surface area contributed by atoms with Gasteiger partial charge in [0, 0.05) is 6.54 Å². The van der Waals surface area contributed by atoms with Crippen LogP contribution in [0.3, 0.4) is 0 Å². The van der Waals surface area contributed by atoms with Crippen molar-refractivity contribution in [3.05, 3.63) is 64.2 Å². The molecule has 9 heteroatoms. The molecule has 158 valence electrons. The predicted octanol–water partition coefficient (Wildman–Crippen LogP) is 3.25. The Bertz CT molecular complexity index is 994. The van der Waals surface area contributed by atoms with Crippen molar-refractivity contribution in [2.24, 2.45) is 5.73 Å². The Morgan fingerprint density at radius 1 is 1.27 bits per heavy atom. The smallest absolute Gasteiger partial charge is 0.422 e. The molecule has 30 heavy (non-hydrogen) atoms. The van der Waals surface area contributed by atoms with Crippen LogP contribution in [0.1, 0.15) is 24.0 Å². The molecule has 0 bridgehead atoms. The van der Waals surface area contributed by atoms with Crippen LogP contribution in [-0.4, -0.2) is 31.1 Å². The van der Waals surface area contributed by atoms with Gasteiger partial charge in [-0.25, -0.2) is 18.5 Å². The van der Waals surface area contributed by atoms with Gasteiger partial charge in [-0.05, 0) is 55.6 Å². The van der Waals surface area contributed by atoms with E-state index < -0.39 is 35.3 Å². The maximum absolute atomic E-state index is 15.1. The van der Waals surface area contributed by atoms with Crippen LogP contribution in [0.5, 0.6) is 0 Å². The number of nitrogens with one attached hydrogen (secondary N) is 1. The lowest BCUT2D eigenvalue weighted by atomic mass is 9.83. The molecular weight excluding hydrogens is 416 g/mol. The molecule has 0 aromatic heterocycles. The third-order valence-electron chi connectivity index (χ3n) is 5.49. The number of rotatable bonds is 3. The SMILES string of the molecule is N[C@@H](Cc1ccc(F)cc1)C(=O)N1C(=O)OC2(CCCNC2)c2c1ccc(Cl)c2F. The number of carbonyl (C=O) groups is 2. The van der Waals surface area contributed by atoms with Crippen molar-refractivity contribution < 1.29 is 23.1 Å². The Morgan fingerprint density at radius 3 is 2.67 bits per heavy atom. The van der Waals surface area contributed by atoms with Crippen molar-refractivity contribution in [2.45, 2.75) is 30.9 Å². The van der Waals surface area contributed by atoms with Gasteiger partial charge in [0.15, 0.2) is 11.4 Å². The molecule has 2 heterocycles. The number of nitrogens with two attached hydrogens (primary N) is 1. The largest absolute Gasteiger partial charge is 0.436 e. The van der Waals surface area contributed by atoms with Crippen LogP contribution in [0.2, 0.25) is 5.02 Å². The zero-order chi connectivity index (χ0) is 21.5. The van der Waals surface area contributed by atoms with Gasteiger partial charge in [-0.2, -0.15) is 0 Å². The number of hydrogen-bond acceptors (Lipinski definition) is 5. The number of anilines is 1. The van der Waals surface area contributed by atoms with Gasteiger partial charge in [0.25, 0.3) is 5.91 Å². The van der Waals surface area contributed by atoms with Crippen LogP contribution in [0.4, 0.5) is 19.3 Å². The van der Waals surface area contributed by atoms with Crippen LogP contribution in [0, 0.1) is 11.6 Å². The van der Waals surface area contributed by atoms with Gasteiger partial charge in [-0.1, -0.05) is 23.7 Å². The van der Waals surface area contributed by atoms with Gasteiger partial charge in [0.1, 0.15) is 5.82 Å². The van der Waals surface area contributed by atoms with Crippen LogP contribution < -0.4 is 16.0 Å². The van der Waals surface area contributed by atoms with Crippen molar-refractivity contribution in [3.63, 3.8) is 0 Å². The predicted molar refractivity (Wildman–Crippen MR) is 107 cm³/mol. The number of hydrogen-bond donors (Lipinski definition) is 2. The van der Waals surface area contributed by atoms with Gasteiger partial charge in [0.05, 0.1) is 22.3 Å². The highest BCUT2D eigenvalue weighted by Gasteiger charge is 2.50.